The van der Waals surface area contributed by atoms with E-state index in [0.717, 1.165) is 41.7 Å². The van der Waals surface area contributed by atoms with Gasteiger partial charge in [0.05, 0.1) is 11.9 Å². The van der Waals surface area contributed by atoms with Crippen molar-refractivity contribution in [2.24, 2.45) is 11.8 Å². The Morgan fingerprint density at radius 3 is 2.56 bits per heavy atom. The molecule has 3 saturated heterocycles. The number of rotatable bonds is 7. The van der Waals surface area contributed by atoms with Crippen molar-refractivity contribution < 1.29 is 14.0 Å². The molecule has 1 amide bonds. The van der Waals surface area contributed by atoms with Crippen molar-refractivity contribution >= 4 is 22.6 Å². The quantitative estimate of drug-likeness (QED) is 0.558. The van der Waals surface area contributed by atoms with E-state index in [2.05, 4.69) is 20.4 Å². The number of piperidine rings is 3. The second kappa shape index (κ2) is 8.82. The minimum atomic E-state index is -0.299. The highest BCUT2D eigenvalue weighted by atomic mass is 19.1. The molecular formula is C25H27FN4O2. The lowest BCUT2D eigenvalue weighted by Crippen LogP contribution is -2.47. The van der Waals surface area contributed by atoms with Gasteiger partial charge in [-0.25, -0.2) is 4.39 Å². The van der Waals surface area contributed by atoms with E-state index in [1.807, 2.05) is 18.2 Å². The Morgan fingerprint density at radius 2 is 1.84 bits per heavy atom. The highest BCUT2D eigenvalue weighted by Gasteiger charge is 2.35. The minimum Gasteiger partial charge on any atom is -0.352 e. The van der Waals surface area contributed by atoms with Crippen LogP contribution >= 0.6 is 0 Å². The molecular weight excluding hydrogens is 407 g/mol. The van der Waals surface area contributed by atoms with Gasteiger partial charge in [0.15, 0.2) is 5.78 Å². The molecule has 2 bridgehead atoms. The summed E-state index contributed by atoms with van der Waals surface area (Å²) in [6.45, 7) is 3.68. The van der Waals surface area contributed by atoms with Crippen molar-refractivity contribution in [1.29, 1.82) is 0 Å². The van der Waals surface area contributed by atoms with Gasteiger partial charge >= 0.3 is 0 Å². The van der Waals surface area contributed by atoms with E-state index < -0.39 is 0 Å². The average molecular weight is 435 g/mol. The molecule has 0 aliphatic carbocycles. The lowest BCUT2D eigenvalue weighted by Gasteiger charge is -2.44. The predicted octanol–water partition coefficient (Wildman–Crippen LogP) is 3.48. The summed E-state index contributed by atoms with van der Waals surface area (Å²) in [5, 5.41) is 10.9. The Morgan fingerprint density at radius 1 is 1.09 bits per heavy atom. The van der Waals surface area contributed by atoms with E-state index >= 15 is 0 Å². The van der Waals surface area contributed by atoms with Gasteiger partial charge in [0, 0.05) is 24.9 Å². The van der Waals surface area contributed by atoms with Gasteiger partial charge in [-0.3, -0.25) is 14.7 Å². The van der Waals surface area contributed by atoms with Gasteiger partial charge in [0.25, 0.3) is 0 Å². The van der Waals surface area contributed by atoms with Gasteiger partial charge in [-0.15, -0.1) is 0 Å². The molecule has 3 fully saturated rings. The van der Waals surface area contributed by atoms with Crippen molar-refractivity contribution in [1.82, 2.24) is 20.4 Å². The third-order valence-electron chi connectivity index (χ3n) is 6.90. The number of H-pyrrole nitrogens is 1. The fourth-order valence-corrected chi connectivity index (χ4v) is 5.09. The van der Waals surface area contributed by atoms with Gasteiger partial charge in [0.2, 0.25) is 5.91 Å². The van der Waals surface area contributed by atoms with Crippen molar-refractivity contribution in [3.05, 3.63) is 65.1 Å². The molecule has 0 saturated carbocycles. The molecule has 0 unspecified atom stereocenters. The number of Topliss-reactive ketones (excluding diaryl/α,β-unsaturated/α-hetero) is 1. The van der Waals surface area contributed by atoms with Crippen LogP contribution in [-0.2, 0) is 17.8 Å². The molecule has 0 radical (unpaired) electrons. The first-order valence-electron chi connectivity index (χ1n) is 11.3. The first-order valence-corrected chi connectivity index (χ1v) is 11.3. The third-order valence-corrected chi connectivity index (χ3v) is 6.90. The van der Waals surface area contributed by atoms with Crippen LogP contribution in [0.3, 0.4) is 0 Å². The van der Waals surface area contributed by atoms with Crippen LogP contribution < -0.4 is 5.32 Å². The molecule has 2 N–H and O–H groups in total. The van der Waals surface area contributed by atoms with Gasteiger partial charge in [-0.05, 0) is 73.2 Å². The van der Waals surface area contributed by atoms with E-state index in [0.29, 0.717) is 30.5 Å². The fourth-order valence-electron chi connectivity index (χ4n) is 5.09. The van der Waals surface area contributed by atoms with Crippen LogP contribution in [0.4, 0.5) is 4.39 Å². The molecule has 2 aromatic carbocycles. The van der Waals surface area contributed by atoms with E-state index in [4.69, 9.17) is 0 Å². The molecule has 32 heavy (non-hydrogen) atoms. The Hall–Kier alpha value is -3.06. The average Bonchev–Trinajstić information content (AvgIpc) is 3.23. The Labute approximate surface area is 186 Å². The molecule has 6 rings (SSSR count). The van der Waals surface area contributed by atoms with E-state index in [9.17, 15) is 14.0 Å². The maximum atomic E-state index is 13.1. The van der Waals surface area contributed by atoms with Crippen LogP contribution in [0.1, 0.15) is 40.9 Å². The number of carbonyl (C=O) groups excluding carboxylic acids is 2. The largest absolute Gasteiger partial charge is 0.352 e. The summed E-state index contributed by atoms with van der Waals surface area (Å²) in [6, 6.07) is 11.7. The maximum Gasteiger partial charge on any atom is 0.224 e. The molecule has 3 aromatic rings. The van der Waals surface area contributed by atoms with Gasteiger partial charge in [-0.2, -0.15) is 5.10 Å². The Balaban J connectivity index is 1.24. The smallest absolute Gasteiger partial charge is 0.224 e. The summed E-state index contributed by atoms with van der Waals surface area (Å²) in [4.78, 5) is 27.9. The van der Waals surface area contributed by atoms with Crippen molar-refractivity contribution in [2.75, 3.05) is 19.6 Å². The van der Waals surface area contributed by atoms with Crippen LogP contribution in [0.5, 0.6) is 0 Å². The monoisotopic (exact) mass is 434 g/mol. The summed E-state index contributed by atoms with van der Waals surface area (Å²) >= 11 is 0. The van der Waals surface area contributed by atoms with Crippen molar-refractivity contribution in [3.63, 3.8) is 0 Å². The van der Waals surface area contributed by atoms with E-state index in [1.54, 1.807) is 12.1 Å². The zero-order valence-electron chi connectivity index (χ0n) is 17.9. The summed E-state index contributed by atoms with van der Waals surface area (Å²) < 4.78 is 13.0. The number of hydrogen-bond acceptors (Lipinski definition) is 4. The topological polar surface area (TPSA) is 78.1 Å². The number of carbonyl (C=O) groups is 2. The van der Waals surface area contributed by atoms with E-state index in [-0.39, 0.29) is 23.9 Å². The number of nitrogens with zero attached hydrogens (tertiary/aromatic N) is 2. The summed E-state index contributed by atoms with van der Waals surface area (Å²) in [5.41, 5.74) is 2.95. The Bertz CT molecular complexity index is 1130. The zero-order valence-corrected chi connectivity index (χ0v) is 17.9. The summed E-state index contributed by atoms with van der Waals surface area (Å²) in [6.07, 6.45) is 3.12. The third kappa shape index (κ3) is 4.43. The number of hydrogen-bond donors (Lipinski definition) is 2. The molecule has 3 aliphatic heterocycles. The predicted molar refractivity (Wildman–Crippen MR) is 120 cm³/mol. The van der Waals surface area contributed by atoms with Crippen molar-refractivity contribution in [3.8, 4) is 0 Å². The maximum absolute atomic E-state index is 13.1. The molecule has 6 nitrogen and oxygen atoms in total. The SMILES string of the molecule is O=C(Cc1ccc2[nH]nc(C(=O)C[C@H]3CN4CCC3CC4)c2c1)NCc1ccc(F)cc1. The molecule has 4 heterocycles. The van der Waals surface area contributed by atoms with Crippen LogP contribution in [0.25, 0.3) is 10.9 Å². The van der Waals surface area contributed by atoms with Crippen molar-refractivity contribution in [2.45, 2.75) is 32.2 Å². The number of ketones is 1. The highest BCUT2D eigenvalue weighted by Crippen LogP contribution is 2.35. The van der Waals surface area contributed by atoms with E-state index in [1.165, 1.54) is 25.0 Å². The molecule has 0 spiro atoms. The molecule has 3 aliphatic rings. The molecule has 7 heteroatoms. The second-order valence-corrected chi connectivity index (χ2v) is 9.06. The standard InChI is InChI=1S/C25H27FN4O2/c26-20-4-1-16(2-5-20)14-27-24(32)12-17-3-6-22-21(11-17)25(29-28-22)23(31)13-19-15-30-9-7-18(19)8-10-30/h1-6,11,18-19H,7-10,12-15H2,(H,27,32)(H,28,29)/t19-/m0/s1. The fraction of sp³-hybridized carbons (Fsp3) is 0.400. The van der Waals surface area contributed by atoms with Crippen LogP contribution in [0.2, 0.25) is 0 Å². The normalized spacial score (nSPS) is 22.2. The summed E-state index contributed by atoms with van der Waals surface area (Å²) in [7, 11) is 0. The number of benzene rings is 2. The second-order valence-electron chi connectivity index (χ2n) is 9.06. The lowest BCUT2D eigenvalue weighted by molar-refractivity contribution is -0.120. The number of fused-ring (bicyclic) bond motifs is 4. The van der Waals surface area contributed by atoms with Crippen LogP contribution in [0.15, 0.2) is 42.5 Å². The number of amides is 1. The number of halogens is 1. The first-order chi connectivity index (χ1) is 15.5. The number of aromatic amines is 1. The van der Waals surface area contributed by atoms with Gasteiger partial charge in [-0.1, -0.05) is 18.2 Å². The highest BCUT2D eigenvalue weighted by molar-refractivity contribution is 6.06. The summed E-state index contributed by atoms with van der Waals surface area (Å²) in [5.74, 6) is 0.712. The zero-order chi connectivity index (χ0) is 22.1. The molecule has 1 aromatic heterocycles. The van der Waals surface area contributed by atoms with Gasteiger partial charge in [0.1, 0.15) is 11.5 Å². The van der Waals surface area contributed by atoms with Gasteiger partial charge < -0.3 is 10.2 Å². The van der Waals surface area contributed by atoms with Crippen LogP contribution in [0, 0.1) is 17.7 Å². The lowest BCUT2D eigenvalue weighted by atomic mass is 9.76. The number of nitrogens with one attached hydrogen (secondary N) is 2. The Kier molecular flexibility index (Phi) is 5.74. The first kappa shape index (κ1) is 20.8. The minimum absolute atomic E-state index is 0.0768. The van der Waals surface area contributed by atoms with Crippen LogP contribution in [-0.4, -0.2) is 46.4 Å². The molecule has 1 atom stereocenters. The molecule has 166 valence electrons. The number of aromatic nitrogens is 2.